The highest BCUT2D eigenvalue weighted by molar-refractivity contribution is 5.79. The molecular weight excluding hydrogens is 216 g/mol. The summed E-state index contributed by atoms with van der Waals surface area (Å²) < 4.78 is 0. The van der Waals surface area contributed by atoms with Gasteiger partial charge in [0.1, 0.15) is 5.54 Å². The van der Waals surface area contributed by atoms with Gasteiger partial charge in [0.25, 0.3) is 0 Å². The van der Waals surface area contributed by atoms with Gasteiger partial charge in [-0.25, -0.2) is 0 Å². The highest BCUT2D eigenvalue weighted by Gasteiger charge is 2.29. The van der Waals surface area contributed by atoms with Crippen molar-refractivity contribution in [3.8, 4) is 0 Å². The topological polar surface area (TPSA) is 66.6 Å². The van der Waals surface area contributed by atoms with E-state index >= 15 is 0 Å². The van der Waals surface area contributed by atoms with Crippen molar-refractivity contribution in [1.82, 2.24) is 0 Å². The quantitative estimate of drug-likeness (QED) is 0.812. The number of nitrogens with zero attached hydrogens (tertiary/aromatic N) is 1. The molecule has 94 valence electrons. The van der Waals surface area contributed by atoms with Crippen LogP contribution in [0.3, 0.4) is 0 Å². The van der Waals surface area contributed by atoms with Crippen LogP contribution in [0.4, 0.5) is 5.69 Å². The molecule has 0 aromatic heterocycles. The molecule has 0 aliphatic rings. The fourth-order valence-electron chi connectivity index (χ4n) is 1.64. The third kappa shape index (κ3) is 3.46. The Balaban J connectivity index is 2.76. The van der Waals surface area contributed by atoms with Crippen LogP contribution in [0.1, 0.15) is 19.4 Å². The van der Waals surface area contributed by atoms with Crippen LogP contribution in [0.2, 0.25) is 0 Å². The van der Waals surface area contributed by atoms with Gasteiger partial charge in [-0.3, -0.25) is 4.79 Å². The van der Waals surface area contributed by atoms with Gasteiger partial charge in [-0.05, 0) is 31.0 Å². The van der Waals surface area contributed by atoms with Crippen LogP contribution >= 0.6 is 0 Å². The molecule has 3 N–H and O–H groups in total. The molecule has 0 aliphatic heterocycles. The molecule has 1 aromatic carbocycles. The van der Waals surface area contributed by atoms with Gasteiger partial charge in [0.15, 0.2) is 0 Å². The van der Waals surface area contributed by atoms with Crippen molar-refractivity contribution in [2.45, 2.75) is 25.8 Å². The van der Waals surface area contributed by atoms with Crippen LogP contribution in [0.15, 0.2) is 24.3 Å². The van der Waals surface area contributed by atoms with Crippen molar-refractivity contribution in [3.05, 3.63) is 29.8 Å². The van der Waals surface area contributed by atoms with Gasteiger partial charge in [0.05, 0.1) is 0 Å². The Morgan fingerprint density at radius 2 is 1.94 bits per heavy atom. The molecule has 0 fully saturated rings. The molecule has 0 saturated heterocycles. The molecule has 17 heavy (non-hydrogen) atoms. The average molecular weight is 236 g/mol. The molecule has 0 spiro atoms. The minimum Gasteiger partial charge on any atom is -0.480 e. The average Bonchev–Trinajstić information content (AvgIpc) is 2.28. The molecule has 0 aliphatic carbocycles. The van der Waals surface area contributed by atoms with Crippen molar-refractivity contribution in [3.63, 3.8) is 0 Å². The molecule has 0 heterocycles. The summed E-state index contributed by atoms with van der Waals surface area (Å²) in [5.74, 6) is -0.991. The Kier molecular flexibility index (Phi) is 4.12. The van der Waals surface area contributed by atoms with E-state index in [-0.39, 0.29) is 6.54 Å². The first-order valence-electron chi connectivity index (χ1n) is 5.69. The predicted molar refractivity (Wildman–Crippen MR) is 69.3 cm³/mol. The van der Waals surface area contributed by atoms with Gasteiger partial charge < -0.3 is 15.7 Å². The van der Waals surface area contributed by atoms with E-state index in [4.69, 9.17) is 10.8 Å². The zero-order chi connectivity index (χ0) is 13.1. The van der Waals surface area contributed by atoms with Crippen molar-refractivity contribution < 1.29 is 9.90 Å². The lowest BCUT2D eigenvalue weighted by atomic mass is 10.0. The zero-order valence-corrected chi connectivity index (χ0v) is 10.6. The first-order chi connectivity index (χ1) is 7.86. The van der Waals surface area contributed by atoms with Gasteiger partial charge in [0, 0.05) is 19.3 Å². The van der Waals surface area contributed by atoms with Crippen molar-refractivity contribution in [2.24, 2.45) is 5.73 Å². The van der Waals surface area contributed by atoms with Crippen LogP contribution in [0.25, 0.3) is 0 Å². The molecule has 1 aromatic rings. The molecular formula is C13H20N2O2. The van der Waals surface area contributed by atoms with Crippen LogP contribution in [0.5, 0.6) is 0 Å². The summed E-state index contributed by atoms with van der Waals surface area (Å²) in [5.41, 5.74) is 6.71. The number of rotatable bonds is 5. The monoisotopic (exact) mass is 236 g/mol. The molecule has 4 nitrogen and oxygen atoms in total. The van der Waals surface area contributed by atoms with E-state index in [1.54, 1.807) is 0 Å². The maximum absolute atomic E-state index is 10.9. The number of nitrogens with two attached hydrogens (primary N) is 1. The Morgan fingerprint density at radius 1 is 1.41 bits per heavy atom. The highest BCUT2D eigenvalue weighted by Crippen LogP contribution is 2.16. The highest BCUT2D eigenvalue weighted by atomic mass is 16.4. The molecule has 4 heteroatoms. The third-order valence-electron chi connectivity index (χ3n) is 2.84. The molecule has 1 atom stereocenters. The van der Waals surface area contributed by atoms with Crippen LogP contribution in [-0.2, 0) is 11.2 Å². The van der Waals surface area contributed by atoms with E-state index in [9.17, 15) is 4.79 Å². The Bertz CT molecular complexity index is 385. The van der Waals surface area contributed by atoms with E-state index in [1.807, 2.05) is 36.2 Å². The van der Waals surface area contributed by atoms with Crippen molar-refractivity contribution in [1.29, 1.82) is 0 Å². The number of carbonyl (C=O) groups is 1. The lowest BCUT2D eigenvalue weighted by Gasteiger charge is -2.28. The number of aliphatic carboxylic acids is 1. The van der Waals surface area contributed by atoms with E-state index in [0.717, 1.165) is 12.1 Å². The van der Waals surface area contributed by atoms with Crippen LogP contribution < -0.4 is 10.6 Å². The standard InChI is InChI=1S/C13H20N2O2/c1-4-10-5-7-11(8-6-10)15(3)9-13(2,14)12(16)17/h5-8H,4,9,14H2,1-3H3,(H,16,17). The number of aryl methyl sites for hydroxylation is 1. The summed E-state index contributed by atoms with van der Waals surface area (Å²) in [6.07, 6.45) is 0.994. The van der Waals surface area contributed by atoms with Gasteiger partial charge in [-0.15, -0.1) is 0 Å². The van der Waals surface area contributed by atoms with Crippen LogP contribution in [0, 0.1) is 0 Å². The first kappa shape index (κ1) is 13.5. The lowest BCUT2D eigenvalue weighted by Crippen LogP contribution is -2.53. The van der Waals surface area contributed by atoms with E-state index < -0.39 is 11.5 Å². The Labute approximate surface area is 102 Å². The minimum atomic E-state index is -1.24. The zero-order valence-electron chi connectivity index (χ0n) is 10.6. The SMILES string of the molecule is CCc1ccc(N(C)CC(C)(N)C(=O)O)cc1. The van der Waals surface area contributed by atoms with Gasteiger partial charge in [-0.2, -0.15) is 0 Å². The Morgan fingerprint density at radius 3 is 2.35 bits per heavy atom. The fourth-order valence-corrected chi connectivity index (χ4v) is 1.64. The largest absolute Gasteiger partial charge is 0.480 e. The first-order valence-corrected chi connectivity index (χ1v) is 5.69. The summed E-state index contributed by atoms with van der Waals surface area (Å²) in [6, 6.07) is 8.05. The molecule has 1 rings (SSSR count). The third-order valence-corrected chi connectivity index (χ3v) is 2.84. The maximum atomic E-state index is 10.9. The summed E-state index contributed by atoms with van der Waals surface area (Å²) in [7, 11) is 1.84. The molecule has 0 amide bonds. The van der Waals surface area contributed by atoms with Crippen molar-refractivity contribution in [2.75, 3.05) is 18.5 Å². The molecule has 0 bridgehead atoms. The fraction of sp³-hybridized carbons (Fsp3) is 0.462. The number of anilines is 1. The molecule has 0 saturated carbocycles. The van der Waals surface area contributed by atoms with Gasteiger partial charge >= 0.3 is 5.97 Å². The van der Waals surface area contributed by atoms with Gasteiger partial charge in [0.2, 0.25) is 0 Å². The molecule has 0 radical (unpaired) electrons. The summed E-state index contributed by atoms with van der Waals surface area (Å²) in [5, 5.41) is 8.97. The van der Waals surface area contributed by atoms with E-state index in [1.165, 1.54) is 12.5 Å². The van der Waals surface area contributed by atoms with E-state index in [0.29, 0.717) is 0 Å². The second-order valence-corrected chi connectivity index (χ2v) is 4.60. The van der Waals surface area contributed by atoms with E-state index in [2.05, 4.69) is 6.92 Å². The summed E-state index contributed by atoms with van der Waals surface area (Å²) in [4.78, 5) is 12.8. The second-order valence-electron chi connectivity index (χ2n) is 4.60. The second kappa shape index (κ2) is 5.19. The normalized spacial score (nSPS) is 14.1. The number of carboxylic acids is 1. The number of hydrogen-bond acceptors (Lipinski definition) is 3. The van der Waals surface area contributed by atoms with Crippen LogP contribution in [-0.4, -0.2) is 30.2 Å². The number of likely N-dealkylation sites (N-methyl/N-ethyl adjacent to an activating group) is 1. The molecule has 1 unspecified atom stereocenters. The minimum absolute atomic E-state index is 0.272. The number of hydrogen-bond donors (Lipinski definition) is 2. The van der Waals surface area contributed by atoms with Gasteiger partial charge in [-0.1, -0.05) is 19.1 Å². The lowest BCUT2D eigenvalue weighted by molar-refractivity contribution is -0.142. The number of carboxylic acid groups (broad SMARTS) is 1. The van der Waals surface area contributed by atoms with Crippen molar-refractivity contribution >= 4 is 11.7 Å². The number of benzene rings is 1. The smallest absolute Gasteiger partial charge is 0.325 e. The Hall–Kier alpha value is -1.55. The maximum Gasteiger partial charge on any atom is 0.325 e. The summed E-state index contributed by atoms with van der Waals surface area (Å²) >= 11 is 0. The predicted octanol–water partition coefficient (Wildman–Crippen LogP) is 1.49. The summed E-state index contributed by atoms with van der Waals surface area (Å²) in [6.45, 7) is 3.89.